The molecule has 10 nitrogen and oxygen atoms in total. The summed E-state index contributed by atoms with van der Waals surface area (Å²) >= 11 is 0. The van der Waals surface area contributed by atoms with Crippen LogP contribution in [0.15, 0.2) is 54.7 Å². The maximum absolute atomic E-state index is 11.4. The molecule has 1 heterocycles. The zero-order valence-corrected chi connectivity index (χ0v) is 16.7. The molecule has 0 spiro atoms. The van der Waals surface area contributed by atoms with Crippen LogP contribution in [-0.4, -0.2) is 9.85 Å². The highest BCUT2D eigenvalue weighted by Crippen LogP contribution is 2.28. The molecule has 0 unspecified atom stereocenters. The molecule has 11 heteroatoms. The van der Waals surface area contributed by atoms with Gasteiger partial charge in [0, 0.05) is 42.0 Å². The molecule has 2 aromatic carbocycles. The third kappa shape index (κ3) is 5.91. The molecule has 0 atom stereocenters. The second-order valence-corrected chi connectivity index (χ2v) is 6.62. The van der Waals surface area contributed by atoms with Crippen molar-refractivity contribution in [2.45, 2.75) is 26.3 Å². The molecule has 30 heavy (non-hydrogen) atoms. The lowest BCUT2D eigenvalue weighted by Gasteiger charge is -2.07. The van der Waals surface area contributed by atoms with Crippen LogP contribution in [0, 0.1) is 31.0 Å². The van der Waals surface area contributed by atoms with E-state index in [0.29, 0.717) is 12.0 Å². The van der Waals surface area contributed by atoms with Gasteiger partial charge in [-0.05, 0) is 17.7 Å². The van der Waals surface area contributed by atoms with Gasteiger partial charge >= 0.3 is 0 Å². The van der Waals surface area contributed by atoms with E-state index in [1.54, 1.807) is 0 Å². The third-order valence-corrected chi connectivity index (χ3v) is 4.34. The van der Waals surface area contributed by atoms with Gasteiger partial charge in [-0.25, -0.2) is 0 Å². The number of pyridine rings is 1. The minimum Gasteiger partial charge on any atom is -0.357 e. The fraction of sp³-hybridized carbons (Fsp3) is 0.211. The second kappa shape index (κ2) is 10.6. The Kier molecular flexibility index (Phi) is 8.13. The van der Waals surface area contributed by atoms with Gasteiger partial charge in [-0.1, -0.05) is 19.1 Å². The molecule has 0 amide bonds. The van der Waals surface area contributed by atoms with Gasteiger partial charge in [-0.3, -0.25) is 20.2 Å². The van der Waals surface area contributed by atoms with Crippen molar-refractivity contribution in [3.8, 4) is 0 Å². The molecule has 158 valence electrons. The standard InChI is InChI=1S/C19H18N3O4.ClO3/c1-2-10-20-11-9-14(17-5-3-4-6-18(17)20)12-15-7-8-16(21(23)24)13-19(15)22(25)26;2-1(3)4/h3-9,11,13H,2,10,12H2,1H3;/q+1;-1. The van der Waals surface area contributed by atoms with Crippen molar-refractivity contribution in [2.75, 3.05) is 0 Å². The second-order valence-electron chi connectivity index (χ2n) is 6.24. The summed E-state index contributed by atoms with van der Waals surface area (Å²) in [6.07, 6.45) is 3.32. The molecule has 3 aromatic rings. The molecule has 0 aliphatic rings. The number of aryl methyl sites for hydroxylation is 1. The Balaban J connectivity index is 0.000000735. The van der Waals surface area contributed by atoms with Crippen LogP contribution in [0.2, 0.25) is 0 Å². The lowest BCUT2D eigenvalue weighted by Crippen LogP contribution is -2.42. The number of nitro groups is 2. The van der Waals surface area contributed by atoms with E-state index < -0.39 is 20.6 Å². The molecule has 0 fully saturated rings. The number of halogens is 1. The van der Waals surface area contributed by atoms with Crippen molar-refractivity contribution in [3.05, 3.63) is 86.1 Å². The Hall–Kier alpha value is -3.18. The Morgan fingerprint density at radius 1 is 0.933 bits per heavy atom. The highest BCUT2D eigenvalue weighted by Gasteiger charge is 2.21. The number of hydrogen-bond donors (Lipinski definition) is 0. The van der Waals surface area contributed by atoms with Crippen molar-refractivity contribution >= 4 is 22.3 Å². The van der Waals surface area contributed by atoms with E-state index in [4.69, 9.17) is 14.0 Å². The van der Waals surface area contributed by atoms with E-state index in [1.165, 1.54) is 12.1 Å². The van der Waals surface area contributed by atoms with Gasteiger partial charge in [-0.2, -0.15) is 4.57 Å². The Morgan fingerprint density at radius 3 is 2.20 bits per heavy atom. The van der Waals surface area contributed by atoms with Crippen molar-refractivity contribution in [1.29, 1.82) is 0 Å². The van der Waals surface area contributed by atoms with Gasteiger partial charge < -0.3 is 14.0 Å². The Bertz CT molecular complexity index is 1060. The summed E-state index contributed by atoms with van der Waals surface area (Å²) in [4.78, 5) is 21.1. The number of fused-ring (bicyclic) bond motifs is 1. The van der Waals surface area contributed by atoms with Crippen molar-refractivity contribution < 1.29 is 39.2 Å². The van der Waals surface area contributed by atoms with Crippen LogP contribution in [0.4, 0.5) is 11.4 Å². The van der Waals surface area contributed by atoms with E-state index in [9.17, 15) is 20.2 Å². The number of rotatable bonds is 6. The van der Waals surface area contributed by atoms with Gasteiger partial charge in [0.05, 0.1) is 26.7 Å². The summed E-state index contributed by atoms with van der Waals surface area (Å²) in [5.74, 6) is 0. The molecule has 0 aliphatic heterocycles. The molecule has 3 rings (SSSR count). The first-order chi connectivity index (χ1) is 14.2. The van der Waals surface area contributed by atoms with Crippen molar-refractivity contribution in [2.24, 2.45) is 0 Å². The molecule has 1 aromatic heterocycles. The topological polar surface area (TPSA) is 159 Å². The van der Waals surface area contributed by atoms with Gasteiger partial charge in [-0.15, -0.1) is 0 Å². The first kappa shape index (κ1) is 23.1. The van der Waals surface area contributed by atoms with E-state index in [1.807, 2.05) is 36.5 Å². The van der Waals surface area contributed by atoms with Crippen LogP contribution in [0.3, 0.4) is 0 Å². The minimum absolute atomic E-state index is 0.228. The first-order valence-corrected chi connectivity index (χ1v) is 9.72. The molecule has 0 N–H and O–H groups in total. The number of para-hydroxylation sites is 1. The van der Waals surface area contributed by atoms with Crippen LogP contribution in [0.25, 0.3) is 10.9 Å². The van der Waals surface area contributed by atoms with E-state index in [0.717, 1.165) is 35.5 Å². The average molecular weight is 436 g/mol. The summed E-state index contributed by atoms with van der Waals surface area (Å²) < 4.78 is 27.4. The molecule has 0 saturated heterocycles. The van der Waals surface area contributed by atoms with Crippen LogP contribution in [0.1, 0.15) is 24.5 Å². The maximum atomic E-state index is 11.4. The van der Waals surface area contributed by atoms with Crippen molar-refractivity contribution in [3.63, 3.8) is 0 Å². The fourth-order valence-corrected chi connectivity index (χ4v) is 3.13. The molecule has 0 aliphatic carbocycles. The fourth-order valence-electron chi connectivity index (χ4n) is 3.13. The number of benzene rings is 2. The number of non-ortho nitro benzene ring substituents is 1. The smallest absolute Gasteiger partial charge is 0.279 e. The molecular weight excluding hydrogens is 418 g/mol. The highest BCUT2D eigenvalue weighted by atomic mass is 35.6. The van der Waals surface area contributed by atoms with Crippen LogP contribution >= 0.6 is 0 Å². The van der Waals surface area contributed by atoms with E-state index in [-0.39, 0.29) is 11.4 Å². The van der Waals surface area contributed by atoms with Crippen LogP contribution in [-0.2, 0) is 13.0 Å². The van der Waals surface area contributed by atoms with Gasteiger partial charge in [0.2, 0.25) is 5.52 Å². The summed E-state index contributed by atoms with van der Waals surface area (Å²) in [7, 11) is -2.85. The zero-order chi connectivity index (χ0) is 22.3. The maximum Gasteiger partial charge on any atom is 0.279 e. The average Bonchev–Trinajstić information content (AvgIpc) is 2.69. The minimum atomic E-state index is -2.85. The number of hydrogen-bond acceptors (Lipinski definition) is 7. The van der Waals surface area contributed by atoms with E-state index in [2.05, 4.69) is 11.5 Å². The lowest BCUT2D eigenvalue weighted by atomic mass is 9.99. The Morgan fingerprint density at radius 2 is 1.60 bits per heavy atom. The van der Waals surface area contributed by atoms with E-state index >= 15 is 0 Å². The largest absolute Gasteiger partial charge is 0.357 e. The number of nitrogens with zero attached hydrogens (tertiary/aromatic N) is 3. The number of nitro benzene ring substituents is 2. The van der Waals surface area contributed by atoms with Gasteiger partial charge in [0.15, 0.2) is 6.20 Å². The zero-order valence-electron chi connectivity index (χ0n) is 15.9. The molecule has 0 radical (unpaired) electrons. The van der Waals surface area contributed by atoms with Crippen molar-refractivity contribution in [1.82, 2.24) is 0 Å². The van der Waals surface area contributed by atoms with Gasteiger partial charge in [0.1, 0.15) is 6.54 Å². The predicted molar refractivity (Wildman–Crippen MR) is 97.0 cm³/mol. The van der Waals surface area contributed by atoms with Crippen LogP contribution < -0.4 is 18.5 Å². The lowest BCUT2D eigenvalue weighted by molar-refractivity contribution is -1.73. The predicted octanol–water partition coefficient (Wildman–Crippen LogP) is 0.377. The Labute approximate surface area is 174 Å². The van der Waals surface area contributed by atoms with Gasteiger partial charge in [0.25, 0.3) is 11.4 Å². The molecule has 0 saturated carbocycles. The quantitative estimate of drug-likeness (QED) is 0.307. The normalized spacial score (nSPS) is 10.6. The summed E-state index contributed by atoms with van der Waals surface area (Å²) in [5.41, 5.74) is 1.97. The van der Waals surface area contributed by atoms with Crippen LogP contribution in [0.5, 0.6) is 0 Å². The third-order valence-electron chi connectivity index (χ3n) is 4.34. The SMILES string of the molecule is CCC[n+]1ccc(Cc2ccc([N+](=O)[O-])cc2[N+](=O)[O-])c2ccccc21.[O-][Cl+2]([O-])[O-]. The summed E-state index contributed by atoms with van der Waals surface area (Å²) in [5, 5.41) is 23.3. The molecular formula is C19H18ClN3O7. The summed E-state index contributed by atoms with van der Waals surface area (Å²) in [6, 6.07) is 13.7. The molecule has 0 bridgehead atoms. The first-order valence-electron chi connectivity index (χ1n) is 8.79. The summed E-state index contributed by atoms with van der Waals surface area (Å²) in [6.45, 7) is 2.99. The number of aromatic nitrogens is 1. The highest BCUT2D eigenvalue weighted by molar-refractivity contribution is 5.79. The monoisotopic (exact) mass is 435 g/mol.